The van der Waals surface area contributed by atoms with Gasteiger partial charge < -0.3 is 5.32 Å². The fraction of sp³-hybridized carbons (Fsp3) is 0.214. The molecule has 0 aliphatic rings. The van der Waals surface area contributed by atoms with Gasteiger partial charge in [0.2, 0.25) is 0 Å². The van der Waals surface area contributed by atoms with Gasteiger partial charge in [0, 0.05) is 21.8 Å². The highest BCUT2D eigenvalue weighted by atomic mass is 79.9. The third-order valence-electron chi connectivity index (χ3n) is 2.81. The fourth-order valence-electron chi connectivity index (χ4n) is 1.98. The van der Waals surface area contributed by atoms with Crippen molar-refractivity contribution in [1.29, 1.82) is 0 Å². The van der Waals surface area contributed by atoms with Crippen LogP contribution in [0.1, 0.15) is 24.1 Å². The van der Waals surface area contributed by atoms with Crippen molar-refractivity contribution in [3.63, 3.8) is 0 Å². The second kappa shape index (κ2) is 6.21. The van der Waals surface area contributed by atoms with Crippen LogP contribution in [0.5, 0.6) is 0 Å². The van der Waals surface area contributed by atoms with E-state index >= 15 is 0 Å². The summed E-state index contributed by atoms with van der Waals surface area (Å²) in [5, 5.41) is 3.10. The normalized spacial score (nSPS) is 12.4. The third kappa shape index (κ3) is 2.98. The van der Waals surface area contributed by atoms with Gasteiger partial charge in [-0.3, -0.25) is 4.98 Å². The molecule has 0 amide bonds. The van der Waals surface area contributed by atoms with Crippen LogP contribution in [0, 0.1) is 11.6 Å². The minimum absolute atomic E-state index is 0.377. The standard InChI is InChI=1S/C14H13BrF2N2/c1-2-19-14(9-6-7-18-8-12(9)17)13-10(15)4-3-5-11(13)16/h3-8,14,19H,2H2,1H3. The molecule has 1 atom stereocenters. The second-order valence-electron chi connectivity index (χ2n) is 4.02. The molecule has 2 nitrogen and oxygen atoms in total. The molecule has 0 bridgehead atoms. The highest BCUT2D eigenvalue weighted by molar-refractivity contribution is 9.10. The molecule has 1 N–H and O–H groups in total. The van der Waals surface area contributed by atoms with Gasteiger partial charge in [0.1, 0.15) is 11.6 Å². The molecule has 0 saturated carbocycles. The van der Waals surface area contributed by atoms with Crippen LogP contribution in [-0.4, -0.2) is 11.5 Å². The van der Waals surface area contributed by atoms with Crippen molar-refractivity contribution < 1.29 is 8.78 Å². The number of hydrogen-bond acceptors (Lipinski definition) is 2. The SMILES string of the molecule is CCNC(c1ccncc1F)c1c(F)cccc1Br. The summed E-state index contributed by atoms with van der Waals surface area (Å²) >= 11 is 3.32. The molecule has 1 heterocycles. The van der Waals surface area contributed by atoms with Crippen LogP contribution in [0.25, 0.3) is 0 Å². The lowest BCUT2D eigenvalue weighted by molar-refractivity contribution is 0.526. The molecule has 1 unspecified atom stereocenters. The Balaban J connectivity index is 2.55. The quantitative estimate of drug-likeness (QED) is 0.923. The highest BCUT2D eigenvalue weighted by Crippen LogP contribution is 2.31. The third-order valence-corrected chi connectivity index (χ3v) is 3.50. The number of nitrogens with one attached hydrogen (secondary N) is 1. The zero-order valence-corrected chi connectivity index (χ0v) is 11.9. The minimum atomic E-state index is -0.552. The Hall–Kier alpha value is -1.33. The molecule has 0 fully saturated rings. The first-order valence-electron chi connectivity index (χ1n) is 5.91. The number of aromatic nitrogens is 1. The van der Waals surface area contributed by atoms with Gasteiger partial charge in [-0.05, 0) is 24.7 Å². The van der Waals surface area contributed by atoms with Gasteiger partial charge in [-0.15, -0.1) is 0 Å². The summed E-state index contributed by atoms with van der Waals surface area (Å²) in [5.74, 6) is -0.833. The van der Waals surface area contributed by atoms with Gasteiger partial charge in [0.15, 0.2) is 0 Å². The van der Waals surface area contributed by atoms with Crippen LogP contribution in [0.3, 0.4) is 0 Å². The molecule has 19 heavy (non-hydrogen) atoms. The Kier molecular flexibility index (Phi) is 4.61. The van der Waals surface area contributed by atoms with E-state index in [1.807, 2.05) is 6.92 Å². The van der Waals surface area contributed by atoms with Crippen molar-refractivity contribution in [2.75, 3.05) is 6.54 Å². The number of halogens is 3. The maximum atomic E-state index is 14.0. The number of benzene rings is 1. The molecule has 5 heteroatoms. The smallest absolute Gasteiger partial charge is 0.146 e. The van der Waals surface area contributed by atoms with Gasteiger partial charge in [-0.2, -0.15) is 0 Å². The van der Waals surface area contributed by atoms with Gasteiger partial charge >= 0.3 is 0 Å². The van der Waals surface area contributed by atoms with E-state index < -0.39 is 11.9 Å². The summed E-state index contributed by atoms with van der Waals surface area (Å²) in [5.41, 5.74) is 0.775. The summed E-state index contributed by atoms with van der Waals surface area (Å²) in [6.07, 6.45) is 2.63. The average molecular weight is 327 g/mol. The molecule has 0 aliphatic carbocycles. The average Bonchev–Trinajstić information content (AvgIpc) is 2.38. The van der Waals surface area contributed by atoms with E-state index in [-0.39, 0.29) is 5.82 Å². The summed E-state index contributed by atoms with van der Waals surface area (Å²) in [6, 6.07) is 5.71. The van der Waals surface area contributed by atoms with Crippen molar-refractivity contribution >= 4 is 15.9 Å². The first kappa shape index (κ1) is 14.1. The van der Waals surface area contributed by atoms with E-state index in [4.69, 9.17) is 0 Å². The van der Waals surface area contributed by atoms with Crippen LogP contribution < -0.4 is 5.32 Å². The lowest BCUT2D eigenvalue weighted by Gasteiger charge is -2.21. The molecule has 1 aromatic heterocycles. The highest BCUT2D eigenvalue weighted by Gasteiger charge is 2.22. The van der Waals surface area contributed by atoms with E-state index in [0.29, 0.717) is 22.1 Å². The van der Waals surface area contributed by atoms with Gasteiger partial charge in [-0.1, -0.05) is 28.9 Å². The van der Waals surface area contributed by atoms with Crippen LogP contribution in [-0.2, 0) is 0 Å². The second-order valence-corrected chi connectivity index (χ2v) is 4.88. The first-order valence-corrected chi connectivity index (χ1v) is 6.71. The van der Waals surface area contributed by atoms with E-state index in [1.165, 1.54) is 12.3 Å². The Morgan fingerprint density at radius 2 is 2.05 bits per heavy atom. The van der Waals surface area contributed by atoms with Crippen molar-refractivity contribution in [1.82, 2.24) is 10.3 Å². The van der Waals surface area contributed by atoms with Crippen LogP contribution >= 0.6 is 15.9 Å². The van der Waals surface area contributed by atoms with E-state index in [0.717, 1.165) is 6.20 Å². The fourth-order valence-corrected chi connectivity index (χ4v) is 2.55. The monoisotopic (exact) mass is 326 g/mol. The van der Waals surface area contributed by atoms with Gasteiger partial charge in [-0.25, -0.2) is 8.78 Å². The van der Waals surface area contributed by atoms with Crippen molar-refractivity contribution in [2.24, 2.45) is 0 Å². The molecular weight excluding hydrogens is 314 g/mol. The zero-order valence-electron chi connectivity index (χ0n) is 10.3. The summed E-state index contributed by atoms with van der Waals surface area (Å²) in [7, 11) is 0. The maximum absolute atomic E-state index is 14.0. The molecule has 0 saturated heterocycles. The lowest BCUT2D eigenvalue weighted by atomic mass is 9.98. The molecule has 0 aliphatic heterocycles. The maximum Gasteiger partial charge on any atom is 0.146 e. The first-order chi connectivity index (χ1) is 9.15. The number of rotatable bonds is 4. The van der Waals surface area contributed by atoms with E-state index in [1.54, 1.807) is 18.2 Å². The Morgan fingerprint density at radius 1 is 1.26 bits per heavy atom. The van der Waals surface area contributed by atoms with Crippen LogP contribution in [0.2, 0.25) is 0 Å². The molecule has 2 aromatic rings. The Labute approximate surface area is 119 Å². The zero-order chi connectivity index (χ0) is 13.8. The molecule has 100 valence electrons. The van der Waals surface area contributed by atoms with E-state index in [9.17, 15) is 8.78 Å². The number of hydrogen-bond donors (Lipinski definition) is 1. The Bertz CT molecular complexity index is 555. The molecule has 0 spiro atoms. The summed E-state index contributed by atoms with van der Waals surface area (Å²) in [6.45, 7) is 2.48. The van der Waals surface area contributed by atoms with E-state index in [2.05, 4.69) is 26.2 Å². The van der Waals surface area contributed by atoms with Gasteiger partial charge in [0.05, 0.1) is 12.2 Å². The van der Waals surface area contributed by atoms with Crippen molar-refractivity contribution in [3.8, 4) is 0 Å². The summed E-state index contributed by atoms with van der Waals surface area (Å²) in [4.78, 5) is 3.72. The molecular formula is C14H13BrF2N2. The predicted molar refractivity (Wildman–Crippen MR) is 73.8 cm³/mol. The minimum Gasteiger partial charge on any atom is -0.306 e. The number of pyridine rings is 1. The topological polar surface area (TPSA) is 24.9 Å². The molecule has 2 rings (SSSR count). The Morgan fingerprint density at radius 3 is 2.68 bits per heavy atom. The van der Waals surface area contributed by atoms with Crippen molar-refractivity contribution in [2.45, 2.75) is 13.0 Å². The van der Waals surface area contributed by atoms with Gasteiger partial charge in [0.25, 0.3) is 0 Å². The molecule has 0 radical (unpaired) electrons. The number of nitrogens with zero attached hydrogens (tertiary/aromatic N) is 1. The summed E-state index contributed by atoms with van der Waals surface area (Å²) < 4.78 is 28.5. The lowest BCUT2D eigenvalue weighted by Crippen LogP contribution is -2.24. The van der Waals surface area contributed by atoms with Crippen molar-refractivity contribution in [3.05, 3.63) is 63.9 Å². The van der Waals surface area contributed by atoms with Crippen LogP contribution in [0.4, 0.5) is 8.78 Å². The predicted octanol–water partition coefficient (Wildman–Crippen LogP) is 3.82. The van der Waals surface area contributed by atoms with Crippen LogP contribution in [0.15, 0.2) is 41.1 Å². The largest absolute Gasteiger partial charge is 0.306 e. The molecule has 1 aromatic carbocycles.